The van der Waals surface area contributed by atoms with E-state index >= 15 is 0 Å². The number of allylic oxidation sites excluding steroid dienone is 10. The second-order valence-corrected chi connectivity index (χ2v) is 9.62. The smallest absolute Gasteiger partial charge is 0.166 e. The number of aliphatic hydroxyl groups is 1. The average molecular weight is 482 g/mol. The maximum atomic E-state index is 11.3. The van der Waals surface area contributed by atoms with Gasteiger partial charge in [-0.05, 0) is 97.3 Å². The van der Waals surface area contributed by atoms with Crippen molar-refractivity contribution in [1.82, 2.24) is 10.4 Å². The highest BCUT2D eigenvalue weighted by atomic mass is 16.3. The van der Waals surface area contributed by atoms with Gasteiger partial charge >= 0.3 is 0 Å². The molecule has 6 nitrogen and oxygen atoms in total. The first-order valence-electron chi connectivity index (χ1n) is 13.0. The third-order valence-corrected chi connectivity index (χ3v) is 7.65. The molecule has 0 unspecified atom stereocenters. The summed E-state index contributed by atoms with van der Waals surface area (Å²) < 4.78 is 0. The Kier molecular flexibility index (Phi) is 6.07. The molecule has 0 saturated heterocycles. The van der Waals surface area contributed by atoms with Gasteiger partial charge in [0.1, 0.15) is 11.4 Å². The van der Waals surface area contributed by atoms with Gasteiger partial charge in [-0.3, -0.25) is 10.4 Å². The second-order valence-electron chi connectivity index (χ2n) is 9.62. The van der Waals surface area contributed by atoms with Gasteiger partial charge in [-0.2, -0.15) is 0 Å². The first kappa shape index (κ1) is 24.0. The summed E-state index contributed by atoms with van der Waals surface area (Å²) in [6.45, 7) is 12.9. The van der Waals surface area contributed by atoms with Crippen LogP contribution in [0, 0.1) is 0 Å². The summed E-state index contributed by atoms with van der Waals surface area (Å²) in [6.07, 6.45) is 11.9. The molecule has 5 rings (SSSR count). The van der Waals surface area contributed by atoms with Crippen molar-refractivity contribution in [2.75, 3.05) is 7.05 Å². The Hall–Kier alpha value is -3.67. The van der Waals surface area contributed by atoms with E-state index in [9.17, 15) is 5.11 Å². The number of nitrogens with one attached hydrogen (secondary N) is 1. The topological polar surface area (TPSA) is 72.6 Å². The zero-order valence-corrected chi connectivity index (χ0v) is 22.4. The lowest BCUT2D eigenvalue weighted by Gasteiger charge is -2.15. The third-order valence-electron chi connectivity index (χ3n) is 7.65. The lowest BCUT2D eigenvalue weighted by atomic mass is 9.96. The number of fused-ring (bicyclic) bond motifs is 4. The van der Waals surface area contributed by atoms with Crippen molar-refractivity contribution in [1.29, 1.82) is 0 Å². The van der Waals surface area contributed by atoms with Crippen LogP contribution >= 0.6 is 0 Å². The van der Waals surface area contributed by atoms with Crippen LogP contribution in [0.25, 0.3) is 0 Å². The standard InChI is InChI=1S/C30H35N5O/c1-8-19-16(5)23-12-18-13-28(34-35(18)7)30(36)29-17(6)20(9-2)25(33-29)15-27-22(11-4)21(10-3)26(32-27)14-24(19)31-23/h12-15,34,36H,8-11H2,1-7H3. The van der Waals surface area contributed by atoms with Crippen molar-refractivity contribution < 1.29 is 5.11 Å². The van der Waals surface area contributed by atoms with E-state index in [1.54, 1.807) is 0 Å². The van der Waals surface area contributed by atoms with Crippen molar-refractivity contribution >= 4 is 17.1 Å². The van der Waals surface area contributed by atoms with Crippen LogP contribution in [-0.4, -0.2) is 34.3 Å². The summed E-state index contributed by atoms with van der Waals surface area (Å²) in [7, 11) is 1.94. The van der Waals surface area contributed by atoms with Crippen molar-refractivity contribution in [3.05, 3.63) is 92.0 Å². The molecule has 8 bridgehead atoms. The Balaban J connectivity index is 1.81. The van der Waals surface area contributed by atoms with E-state index in [0.29, 0.717) is 11.4 Å². The van der Waals surface area contributed by atoms with Gasteiger partial charge in [-0.1, -0.05) is 27.7 Å². The highest BCUT2D eigenvalue weighted by molar-refractivity contribution is 6.18. The van der Waals surface area contributed by atoms with E-state index in [2.05, 4.69) is 58.3 Å². The molecule has 5 aliphatic heterocycles. The van der Waals surface area contributed by atoms with Crippen molar-refractivity contribution in [2.24, 2.45) is 15.0 Å². The molecule has 5 heterocycles. The summed E-state index contributed by atoms with van der Waals surface area (Å²) in [5, 5.41) is 13.2. The zero-order chi connectivity index (χ0) is 25.7. The first-order valence-corrected chi connectivity index (χ1v) is 13.0. The predicted octanol–water partition coefficient (Wildman–Crippen LogP) is 6.69. The largest absolute Gasteiger partial charge is 0.504 e. The number of hydrogen-bond acceptors (Lipinski definition) is 6. The molecule has 0 saturated carbocycles. The molecule has 0 atom stereocenters. The number of aliphatic hydroxyl groups excluding tert-OH is 1. The van der Waals surface area contributed by atoms with Crippen LogP contribution in [0.1, 0.15) is 67.2 Å². The molecule has 0 aromatic rings. The molecule has 5 aliphatic rings. The molecule has 186 valence electrons. The summed E-state index contributed by atoms with van der Waals surface area (Å²) in [6, 6.07) is 0. The van der Waals surface area contributed by atoms with Crippen molar-refractivity contribution in [3.63, 3.8) is 0 Å². The van der Waals surface area contributed by atoms with E-state index in [-0.39, 0.29) is 5.76 Å². The Morgan fingerprint density at radius 3 is 1.92 bits per heavy atom. The van der Waals surface area contributed by atoms with Gasteiger partial charge in [0.05, 0.1) is 34.2 Å². The van der Waals surface area contributed by atoms with E-state index in [1.807, 2.05) is 25.1 Å². The van der Waals surface area contributed by atoms with Crippen LogP contribution in [0.5, 0.6) is 0 Å². The van der Waals surface area contributed by atoms with Gasteiger partial charge in [-0.25, -0.2) is 15.0 Å². The number of aliphatic imine (C=N–C) groups is 3. The summed E-state index contributed by atoms with van der Waals surface area (Å²) in [4.78, 5) is 15.1. The molecule has 0 aromatic heterocycles. The molecule has 0 fully saturated rings. The molecule has 0 spiro atoms. The second kappa shape index (κ2) is 9.08. The molecule has 2 N–H and O–H groups in total. The number of hydrazine groups is 1. The molecule has 0 amide bonds. The molecule has 0 aromatic carbocycles. The Morgan fingerprint density at radius 1 is 0.694 bits per heavy atom. The monoisotopic (exact) mass is 481 g/mol. The minimum Gasteiger partial charge on any atom is -0.504 e. The Bertz CT molecular complexity index is 1410. The predicted molar refractivity (Wildman–Crippen MR) is 149 cm³/mol. The van der Waals surface area contributed by atoms with Gasteiger partial charge in [0.25, 0.3) is 0 Å². The fourth-order valence-corrected chi connectivity index (χ4v) is 5.65. The maximum Gasteiger partial charge on any atom is 0.166 e. The van der Waals surface area contributed by atoms with Crippen LogP contribution in [0.15, 0.2) is 107 Å². The van der Waals surface area contributed by atoms with Crippen molar-refractivity contribution in [2.45, 2.75) is 67.2 Å². The summed E-state index contributed by atoms with van der Waals surface area (Å²) in [5.41, 5.74) is 17.4. The van der Waals surface area contributed by atoms with Crippen LogP contribution in [-0.2, 0) is 0 Å². The lowest BCUT2D eigenvalue weighted by molar-refractivity contribution is 0.359. The molecule has 0 radical (unpaired) electrons. The quantitative estimate of drug-likeness (QED) is 0.470. The van der Waals surface area contributed by atoms with E-state index in [1.165, 1.54) is 22.3 Å². The van der Waals surface area contributed by atoms with E-state index in [4.69, 9.17) is 15.0 Å². The number of likely N-dealkylation sites (N-methyl/N-ethyl adjacent to an activating group) is 1. The van der Waals surface area contributed by atoms with Crippen LogP contribution in [0.4, 0.5) is 0 Å². The van der Waals surface area contributed by atoms with Gasteiger partial charge in [0.2, 0.25) is 0 Å². The Labute approximate surface area is 214 Å². The van der Waals surface area contributed by atoms with Gasteiger partial charge in [0, 0.05) is 7.05 Å². The number of nitrogens with zero attached hydrogens (tertiary/aromatic N) is 4. The minimum atomic E-state index is 0.153. The van der Waals surface area contributed by atoms with Gasteiger partial charge in [-0.15, -0.1) is 0 Å². The number of rotatable bonds is 4. The molecule has 6 heteroatoms. The normalized spacial score (nSPS) is 21.5. The summed E-state index contributed by atoms with van der Waals surface area (Å²) in [5.74, 6) is 0.153. The fraction of sp³-hybridized carbons (Fsp3) is 0.367. The maximum absolute atomic E-state index is 11.3. The minimum absolute atomic E-state index is 0.153. The molecular formula is C30H35N5O. The molecular weight excluding hydrogens is 446 g/mol. The van der Waals surface area contributed by atoms with Gasteiger partial charge < -0.3 is 5.11 Å². The van der Waals surface area contributed by atoms with Gasteiger partial charge in [0.15, 0.2) is 5.76 Å². The molecule has 0 aliphatic carbocycles. The van der Waals surface area contributed by atoms with Crippen LogP contribution in [0.3, 0.4) is 0 Å². The highest BCUT2D eigenvalue weighted by Crippen LogP contribution is 2.37. The van der Waals surface area contributed by atoms with Crippen molar-refractivity contribution in [3.8, 4) is 0 Å². The lowest BCUT2D eigenvalue weighted by Crippen LogP contribution is -2.27. The average Bonchev–Trinajstić information content (AvgIpc) is 3.56. The Morgan fingerprint density at radius 2 is 1.28 bits per heavy atom. The third kappa shape index (κ3) is 3.67. The van der Waals surface area contributed by atoms with Crippen LogP contribution < -0.4 is 5.43 Å². The summed E-state index contributed by atoms with van der Waals surface area (Å²) >= 11 is 0. The SMILES string of the molecule is CCC1=C(C)C2=NC1=CC1=NC(=CC3=NC(=CC4=CC(=C2O)NN4C)C(C)=C3CC)C(CC)=C1CC. The first-order chi connectivity index (χ1) is 17.3. The molecule has 36 heavy (non-hydrogen) atoms. The highest BCUT2D eigenvalue weighted by Gasteiger charge is 2.29. The van der Waals surface area contributed by atoms with E-state index in [0.717, 1.165) is 71.0 Å². The van der Waals surface area contributed by atoms with E-state index < -0.39 is 0 Å². The fourth-order valence-electron chi connectivity index (χ4n) is 5.65. The number of hydrogen-bond donors (Lipinski definition) is 2. The van der Waals surface area contributed by atoms with Crippen LogP contribution in [0.2, 0.25) is 0 Å². The zero-order valence-electron chi connectivity index (χ0n) is 22.4.